The van der Waals surface area contributed by atoms with Gasteiger partial charge in [0.25, 0.3) is 0 Å². The summed E-state index contributed by atoms with van der Waals surface area (Å²) in [7, 11) is 1.57. The largest absolute Gasteiger partial charge is 0.496 e. The van der Waals surface area contributed by atoms with Gasteiger partial charge >= 0.3 is 0 Å². The fourth-order valence-electron chi connectivity index (χ4n) is 3.56. The summed E-state index contributed by atoms with van der Waals surface area (Å²) < 4.78 is 19.3. The predicted molar refractivity (Wildman–Crippen MR) is 75.5 cm³/mol. The Balaban J connectivity index is 2.26. The Hall–Kier alpha value is -1.09. The summed E-state index contributed by atoms with van der Waals surface area (Å²) in [5.74, 6) is 1.98. The molecule has 3 heteroatoms. The molecule has 0 spiro atoms. The van der Waals surface area contributed by atoms with Crippen LogP contribution in [-0.4, -0.2) is 7.11 Å². The number of rotatable bonds is 3. The van der Waals surface area contributed by atoms with E-state index in [9.17, 15) is 4.39 Å². The zero-order valence-corrected chi connectivity index (χ0v) is 12.0. The standard InChI is InChI=1S/C16H24FNO/c1-10-7-11(2)9-12(8-10)16(18)15-13(17)5-4-6-14(15)19-3/h4-6,10-12,16H,7-9,18H2,1-3H3. The van der Waals surface area contributed by atoms with Gasteiger partial charge in [-0.3, -0.25) is 0 Å². The number of nitrogens with two attached hydrogens (primary N) is 1. The minimum absolute atomic E-state index is 0.252. The summed E-state index contributed by atoms with van der Waals surface area (Å²) in [5, 5.41) is 0. The third-order valence-electron chi connectivity index (χ3n) is 4.29. The maximum absolute atomic E-state index is 14.1. The SMILES string of the molecule is COc1cccc(F)c1C(N)C1CC(C)CC(C)C1. The summed E-state index contributed by atoms with van der Waals surface area (Å²) >= 11 is 0. The molecule has 106 valence electrons. The summed E-state index contributed by atoms with van der Waals surface area (Å²) in [6, 6.07) is 4.64. The highest BCUT2D eigenvalue weighted by Crippen LogP contribution is 2.41. The second-order valence-electron chi connectivity index (χ2n) is 6.06. The van der Waals surface area contributed by atoms with Crippen LogP contribution in [0.2, 0.25) is 0 Å². The molecule has 0 bridgehead atoms. The lowest BCUT2D eigenvalue weighted by Gasteiger charge is -2.35. The van der Waals surface area contributed by atoms with Gasteiger partial charge in [-0.05, 0) is 49.1 Å². The first-order valence-corrected chi connectivity index (χ1v) is 7.10. The lowest BCUT2D eigenvalue weighted by atomic mass is 9.72. The average molecular weight is 265 g/mol. The van der Waals surface area contributed by atoms with Gasteiger partial charge in [0.1, 0.15) is 11.6 Å². The third-order valence-corrected chi connectivity index (χ3v) is 4.29. The molecule has 2 nitrogen and oxygen atoms in total. The lowest BCUT2D eigenvalue weighted by Crippen LogP contribution is -2.30. The molecule has 1 aromatic carbocycles. The summed E-state index contributed by atoms with van der Waals surface area (Å²) in [4.78, 5) is 0. The van der Waals surface area contributed by atoms with Crippen molar-refractivity contribution >= 4 is 0 Å². The molecule has 1 saturated carbocycles. The molecule has 0 amide bonds. The van der Waals surface area contributed by atoms with Crippen molar-refractivity contribution in [2.24, 2.45) is 23.5 Å². The number of ether oxygens (including phenoxy) is 1. The number of hydrogen-bond donors (Lipinski definition) is 1. The first kappa shape index (κ1) is 14.3. The van der Waals surface area contributed by atoms with Gasteiger partial charge in [0.2, 0.25) is 0 Å². The molecule has 0 aromatic heterocycles. The molecule has 0 saturated heterocycles. The van der Waals surface area contributed by atoms with Crippen LogP contribution in [0.4, 0.5) is 4.39 Å². The van der Waals surface area contributed by atoms with E-state index in [0.29, 0.717) is 29.1 Å². The van der Waals surface area contributed by atoms with E-state index in [4.69, 9.17) is 10.5 Å². The highest BCUT2D eigenvalue weighted by Gasteiger charge is 2.31. The molecule has 0 radical (unpaired) electrons. The minimum Gasteiger partial charge on any atom is -0.496 e. The fraction of sp³-hybridized carbons (Fsp3) is 0.625. The molecule has 0 heterocycles. The van der Waals surface area contributed by atoms with Crippen molar-refractivity contribution in [2.75, 3.05) is 7.11 Å². The smallest absolute Gasteiger partial charge is 0.131 e. The van der Waals surface area contributed by atoms with Gasteiger partial charge in [0.15, 0.2) is 0 Å². The first-order chi connectivity index (χ1) is 9.02. The Morgan fingerprint density at radius 1 is 1.21 bits per heavy atom. The number of benzene rings is 1. The van der Waals surface area contributed by atoms with Crippen molar-refractivity contribution in [2.45, 2.75) is 39.2 Å². The molecule has 3 unspecified atom stereocenters. The molecular weight excluding hydrogens is 241 g/mol. The fourth-order valence-corrected chi connectivity index (χ4v) is 3.56. The van der Waals surface area contributed by atoms with E-state index < -0.39 is 0 Å². The lowest BCUT2D eigenvalue weighted by molar-refractivity contribution is 0.190. The monoisotopic (exact) mass is 265 g/mol. The van der Waals surface area contributed by atoms with Crippen LogP contribution in [0, 0.1) is 23.6 Å². The van der Waals surface area contributed by atoms with E-state index in [0.717, 1.165) is 12.8 Å². The normalized spacial score (nSPS) is 29.0. The molecule has 2 N–H and O–H groups in total. The van der Waals surface area contributed by atoms with Gasteiger partial charge in [-0.15, -0.1) is 0 Å². The van der Waals surface area contributed by atoms with Crippen molar-refractivity contribution in [3.05, 3.63) is 29.6 Å². The molecule has 1 aliphatic carbocycles. The Bertz CT molecular complexity index is 425. The highest BCUT2D eigenvalue weighted by atomic mass is 19.1. The van der Waals surface area contributed by atoms with Gasteiger partial charge in [-0.1, -0.05) is 19.9 Å². The summed E-state index contributed by atoms with van der Waals surface area (Å²) in [6.07, 6.45) is 3.39. The van der Waals surface area contributed by atoms with E-state index in [1.807, 2.05) is 0 Å². The average Bonchev–Trinajstić information content (AvgIpc) is 2.36. The highest BCUT2D eigenvalue weighted by molar-refractivity contribution is 5.37. The maximum Gasteiger partial charge on any atom is 0.131 e. The van der Waals surface area contributed by atoms with Crippen LogP contribution in [0.1, 0.15) is 44.7 Å². The van der Waals surface area contributed by atoms with Crippen LogP contribution in [0.15, 0.2) is 18.2 Å². The molecular formula is C16H24FNO. The Morgan fingerprint density at radius 3 is 2.42 bits per heavy atom. The Labute approximate surface area is 115 Å². The summed E-state index contributed by atoms with van der Waals surface area (Å²) in [6.45, 7) is 4.52. The van der Waals surface area contributed by atoms with Crippen molar-refractivity contribution in [3.63, 3.8) is 0 Å². The van der Waals surface area contributed by atoms with Gasteiger partial charge < -0.3 is 10.5 Å². The van der Waals surface area contributed by atoms with Gasteiger partial charge in [-0.2, -0.15) is 0 Å². The zero-order chi connectivity index (χ0) is 14.0. The van der Waals surface area contributed by atoms with Crippen molar-refractivity contribution in [3.8, 4) is 5.75 Å². The van der Waals surface area contributed by atoms with Gasteiger partial charge in [0.05, 0.1) is 7.11 Å². The van der Waals surface area contributed by atoms with Gasteiger partial charge in [-0.25, -0.2) is 4.39 Å². The van der Waals surface area contributed by atoms with Crippen molar-refractivity contribution in [1.82, 2.24) is 0 Å². The zero-order valence-electron chi connectivity index (χ0n) is 12.0. The molecule has 19 heavy (non-hydrogen) atoms. The van der Waals surface area contributed by atoms with E-state index in [2.05, 4.69) is 13.8 Å². The predicted octanol–water partition coefficient (Wildman–Crippen LogP) is 3.91. The molecule has 1 aromatic rings. The number of halogens is 1. The van der Waals surface area contributed by atoms with E-state index in [-0.39, 0.29) is 11.9 Å². The molecule has 1 aliphatic rings. The second kappa shape index (κ2) is 5.91. The topological polar surface area (TPSA) is 35.2 Å². The third kappa shape index (κ3) is 3.08. The van der Waals surface area contributed by atoms with Crippen molar-refractivity contribution in [1.29, 1.82) is 0 Å². The Kier molecular flexibility index (Phi) is 4.46. The second-order valence-corrected chi connectivity index (χ2v) is 6.06. The van der Waals surface area contributed by atoms with Crippen molar-refractivity contribution < 1.29 is 9.13 Å². The molecule has 0 aliphatic heterocycles. The van der Waals surface area contributed by atoms with E-state index in [1.54, 1.807) is 19.2 Å². The summed E-state index contributed by atoms with van der Waals surface area (Å²) in [5.41, 5.74) is 6.89. The molecule has 1 fully saturated rings. The maximum atomic E-state index is 14.1. The van der Waals surface area contributed by atoms with Crippen LogP contribution in [0.5, 0.6) is 5.75 Å². The number of hydrogen-bond acceptors (Lipinski definition) is 2. The molecule has 2 rings (SSSR count). The van der Waals surface area contributed by atoms with Crippen LogP contribution in [-0.2, 0) is 0 Å². The van der Waals surface area contributed by atoms with Gasteiger partial charge in [0, 0.05) is 11.6 Å². The van der Waals surface area contributed by atoms with Crippen LogP contribution in [0.3, 0.4) is 0 Å². The quantitative estimate of drug-likeness (QED) is 0.899. The first-order valence-electron chi connectivity index (χ1n) is 7.10. The van der Waals surface area contributed by atoms with E-state index >= 15 is 0 Å². The van der Waals surface area contributed by atoms with Crippen LogP contribution < -0.4 is 10.5 Å². The van der Waals surface area contributed by atoms with E-state index in [1.165, 1.54) is 12.5 Å². The van der Waals surface area contributed by atoms with Crippen LogP contribution >= 0.6 is 0 Å². The number of methoxy groups -OCH3 is 1. The Morgan fingerprint density at radius 2 is 1.84 bits per heavy atom. The van der Waals surface area contributed by atoms with Crippen LogP contribution in [0.25, 0.3) is 0 Å². The molecule has 3 atom stereocenters. The minimum atomic E-state index is -0.277.